The van der Waals surface area contributed by atoms with Crippen LogP contribution in [0.2, 0.25) is 0 Å². The van der Waals surface area contributed by atoms with Gasteiger partial charge in [0.15, 0.2) is 0 Å². The van der Waals surface area contributed by atoms with Gasteiger partial charge in [-0.25, -0.2) is 0 Å². The van der Waals surface area contributed by atoms with E-state index in [1.807, 2.05) is 0 Å². The second-order valence-corrected chi connectivity index (χ2v) is 16.2. The lowest BCUT2D eigenvalue weighted by Gasteiger charge is -2.20. The zero-order valence-electron chi connectivity index (χ0n) is 16.1. The summed E-state index contributed by atoms with van der Waals surface area (Å²) in [5.74, 6) is 0. The van der Waals surface area contributed by atoms with Crippen LogP contribution < -0.4 is 0 Å². The molecule has 0 saturated carbocycles. The Bertz CT molecular complexity index is 809. The molecule has 18 heteroatoms. The lowest BCUT2D eigenvalue weighted by molar-refractivity contribution is 0.443. The maximum Gasteiger partial charge on any atom is 0.284 e. The predicted octanol–water partition coefficient (Wildman–Crippen LogP) is 1.69. The molecule has 0 fully saturated rings. The molecule has 0 aromatic carbocycles. The fourth-order valence-electron chi connectivity index (χ4n) is 2.34. The molecular weight excluding hydrogens is 529 g/mol. The molecule has 0 aliphatic rings. The third kappa shape index (κ3) is 11.3. The molecule has 182 valence electrons. The molecule has 4 N–H and O–H groups in total. The maximum atomic E-state index is 11.2. The van der Waals surface area contributed by atoms with Crippen molar-refractivity contribution in [3.05, 3.63) is 0 Å². The third-order valence-corrected chi connectivity index (χ3v) is 14.3. The summed E-state index contributed by atoms with van der Waals surface area (Å²) in [6.45, 7) is 3.48. The van der Waals surface area contributed by atoms with Crippen LogP contribution in [0.3, 0.4) is 0 Å². The Hall–Kier alpha value is 0.340. The van der Waals surface area contributed by atoms with E-state index >= 15 is 0 Å². The Kier molecular flexibility index (Phi) is 12.1. The predicted molar refractivity (Wildman–Crippen MR) is 116 cm³/mol. The summed E-state index contributed by atoms with van der Waals surface area (Å²) < 4.78 is 121. The highest BCUT2D eigenvalue weighted by molar-refractivity contribution is 8.77. The Morgan fingerprint density at radius 2 is 0.767 bits per heavy atom. The lowest BCUT2D eigenvalue weighted by Crippen LogP contribution is -2.30. The molecule has 0 aromatic heterocycles. The first-order chi connectivity index (χ1) is 13.3. The van der Waals surface area contributed by atoms with Crippen LogP contribution in [0.4, 0.5) is 0 Å². The van der Waals surface area contributed by atoms with Crippen molar-refractivity contribution in [1.82, 2.24) is 0 Å². The highest BCUT2D eigenvalue weighted by Gasteiger charge is 2.37. The second-order valence-electron chi connectivity index (χ2n) is 6.33. The molecule has 0 spiro atoms. The van der Waals surface area contributed by atoms with E-state index in [4.69, 9.17) is 18.2 Å². The van der Waals surface area contributed by atoms with E-state index in [1.54, 1.807) is 13.8 Å². The van der Waals surface area contributed by atoms with Gasteiger partial charge in [-0.3, -0.25) is 18.2 Å². The monoisotopic (exact) mass is 554 g/mol. The average Bonchev–Trinajstić information content (AvgIpc) is 2.50. The molecule has 2 atom stereocenters. The summed E-state index contributed by atoms with van der Waals surface area (Å²) in [5.41, 5.74) is 0. The fraction of sp³-hybridized carbons (Fsp3) is 1.00. The van der Waals surface area contributed by atoms with E-state index in [0.29, 0.717) is 12.8 Å². The zero-order chi connectivity index (χ0) is 24.0. The van der Waals surface area contributed by atoms with E-state index in [-0.39, 0.29) is 23.3 Å². The Balaban J connectivity index is 4.99. The quantitative estimate of drug-likeness (QED) is 0.167. The summed E-state index contributed by atoms with van der Waals surface area (Å²) in [6, 6.07) is 0. The fourth-order valence-corrected chi connectivity index (χ4v) is 9.93. The first kappa shape index (κ1) is 30.3. The zero-order valence-corrected chi connectivity index (χ0v) is 21.0. The minimum atomic E-state index is -5.02. The molecule has 0 radical (unpaired) electrons. The van der Waals surface area contributed by atoms with Gasteiger partial charge in [-0.05, 0) is 38.5 Å². The summed E-state index contributed by atoms with van der Waals surface area (Å²) in [7, 11) is -17.6. The van der Waals surface area contributed by atoms with Crippen molar-refractivity contribution in [2.24, 2.45) is 0 Å². The second kappa shape index (κ2) is 12.0. The minimum absolute atomic E-state index is 0.00745. The molecule has 30 heavy (non-hydrogen) atoms. The van der Waals surface area contributed by atoms with Crippen molar-refractivity contribution in [2.75, 3.05) is 0 Å². The largest absolute Gasteiger partial charge is 0.284 e. The molecule has 0 saturated heterocycles. The van der Waals surface area contributed by atoms with Crippen molar-refractivity contribution in [3.63, 3.8) is 0 Å². The van der Waals surface area contributed by atoms with E-state index in [1.165, 1.54) is 21.6 Å². The van der Waals surface area contributed by atoms with Crippen LogP contribution in [-0.4, -0.2) is 71.5 Å². The van der Waals surface area contributed by atoms with Crippen LogP contribution >= 0.6 is 21.6 Å². The van der Waals surface area contributed by atoms with Crippen molar-refractivity contribution in [2.45, 2.75) is 72.0 Å². The van der Waals surface area contributed by atoms with E-state index in [2.05, 4.69) is 0 Å². The van der Waals surface area contributed by atoms with Crippen molar-refractivity contribution >= 4 is 62.1 Å². The van der Waals surface area contributed by atoms with Crippen LogP contribution in [0.25, 0.3) is 0 Å². The van der Waals surface area contributed by atoms with Gasteiger partial charge in [-0.2, -0.15) is 33.7 Å². The summed E-state index contributed by atoms with van der Waals surface area (Å²) >= 11 is 0. The van der Waals surface area contributed by atoms with Gasteiger partial charge < -0.3 is 0 Å². The van der Waals surface area contributed by atoms with Gasteiger partial charge in [0.25, 0.3) is 40.5 Å². The van der Waals surface area contributed by atoms with Gasteiger partial charge >= 0.3 is 0 Å². The van der Waals surface area contributed by atoms with Crippen molar-refractivity contribution < 1.29 is 51.9 Å². The topological polar surface area (TPSA) is 217 Å². The number of rotatable bonds is 15. The standard InChI is InChI=1S/C12H26O12S6/c1-3-9(5-7-11(27(13,14)15)28(16,17)18)25-26-10(4-2)6-8-12(29(19,20)21)30(22,23)24/h9-12H,3-8H2,1-2H3,(H,13,14,15)(H,16,17,18)(H,19,20,21)(H,22,23,24). The highest BCUT2D eigenvalue weighted by atomic mass is 33.1. The van der Waals surface area contributed by atoms with Gasteiger partial charge in [0, 0.05) is 10.5 Å². The van der Waals surface area contributed by atoms with E-state index in [0.717, 1.165) is 0 Å². The average molecular weight is 555 g/mol. The molecule has 0 aliphatic carbocycles. The summed E-state index contributed by atoms with van der Waals surface area (Å²) in [5, 5.41) is -0.594. The normalized spacial score (nSPS) is 16.1. The first-order valence-electron chi connectivity index (χ1n) is 8.51. The Morgan fingerprint density at radius 3 is 0.933 bits per heavy atom. The van der Waals surface area contributed by atoms with Gasteiger partial charge in [-0.15, -0.1) is 0 Å². The molecule has 0 bridgehead atoms. The third-order valence-electron chi connectivity index (χ3n) is 4.02. The molecule has 2 unspecified atom stereocenters. The smallest absolute Gasteiger partial charge is 0.284 e. The van der Waals surface area contributed by atoms with Crippen LogP contribution in [0.1, 0.15) is 52.4 Å². The minimum Gasteiger partial charge on any atom is -0.284 e. The van der Waals surface area contributed by atoms with Crippen LogP contribution in [0.5, 0.6) is 0 Å². The highest BCUT2D eigenvalue weighted by Crippen LogP contribution is 2.39. The van der Waals surface area contributed by atoms with Crippen LogP contribution in [0.15, 0.2) is 0 Å². The molecule has 12 nitrogen and oxygen atoms in total. The molecular formula is C12H26O12S6. The van der Waals surface area contributed by atoms with E-state index < -0.39 is 62.5 Å². The number of hydrogen-bond donors (Lipinski definition) is 4. The summed E-state index contributed by atoms with van der Waals surface area (Å²) in [4.78, 5) is 0. The summed E-state index contributed by atoms with van der Waals surface area (Å²) in [6.07, 6.45) is -0.143. The molecule has 0 amide bonds. The number of hydrogen-bond acceptors (Lipinski definition) is 10. The van der Waals surface area contributed by atoms with Crippen molar-refractivity contribution in [1.29, 1.82) is 0 Å². The molecule has 0 heterocycles. The lowest BCUT2D eigenvalue weighted by atomic mass is 10.2. The van der Waals surface area contributed by atoms with Gasteiger partial charge in [0.05, 0.1) is 0 Å². The van der Waals surface area contributed by atoms with E-state index in [9.17, 15) is 33.7 Å². The van der Waals surface area contributed by atoms with Crippen molar-refractivity contribution in [3.8, 4) is 0 Å². The Morgan fingerprint density at radius 1 is 0.533 bits per heavy atom. The first-order valence-corrected chi connectivity index (χ1v) is 16.8. The maximum absolute atomic E-state index is 11.2. The Labute approximate surface area is 185 Å². The molecule has 0 aliphatic heterocycles. The van der Waals surface area contributed by atoms with Crippen LogP contribution in [0, 0.1) is 0 Å². The SMILES string of the molecule is CCC(CCC(S(=O)(=O)O)S(=O)(=O)O)SSC(CC)CCC(S(=O)(=O)O)S(=O)(=O)O. The molecule has 0 aromatic rings. The van der Waals surface area contributed by atoms with Gasteiger partial charge in [0.1, 0.15) is 0 Å². The molecule has 0 rings (SSSR count). The van der Waals surface area contributed by atoms with Gasteiger partial charge in [-0.1, -0.05) is 35.4 Å². The van der Waals surface area contributed by atoms with Crippen LogP contribution in [-0.2, 0) is 40.5 Å². The van der Waals surface area contributed by atoms with Gasteiger partial charge in [0.2, 0.25) is 9.16 Å².